The summed E-state index contributed by atoms with van der Waals surface area (Å²) in [7, 11) is 0. The Kier molecular flexibility index (Phi) is 4.57. The molecule has 0 bridgehead atoms. The number of halogens is 2. The number of benzene rings is 1. The molecule has 2 aromatic rings. The molecule has 5 nitrogen and oxygen atoms in total. The molecule has 7 heteroatoms. The number of nitrogen functional groups attached to an aromatic ring is 1. The molecule has 2 rings (SSSR count). The van der Waals surface area contributed by atoms with Gasteiger partial charge in [-0.25, -0.2) is 4.39 Å². The van der Waals surface area contributed by atoms with Crippen LogP contribution in [0.5, 0.6) is 11.6 Å². The first kappa shape index (κ1) is 14.3. The van der Waals surface area contributed by atoms with Gasteiger partial charge in [0.05, 0.1) is 5.02 Å². The molecule has 0 aliphatic heterocycles. The van der Waals surface area contributed by atoms with Crippen LogP contribution in [0.2, 0.25) is 5.02 Å². The molecule has 0 saturated carbocycles. The highest BCUT2D eigenvalue weighted by atomic mass is 35.5. The molecule has 1 heterocycles. The lowest BCUT2D eigenvalue weighted by Crippen LogP contribution is -2.05. The molecular weight excluding hydrogens is 283 g/mol. The number of anilines is 2. The second-order valence-electron chi connectivity index (χ2n) is 4.05. The number of nitrogens with zero attached hydrogens (tertiary/aromatic N) is 2. The second-order valence-corrected chi connectivity index (χ2v) is 4.46. The quantitative estimate of drug-likeness (QED) is 0.884. The van der Waals surface area contributed by atoms with Gasteiger partial charge >= 0.3 is 0 Å². The molecule has 0 amide bonds. The summed E-state index contributed by atoms with van der Waals surface area (Å²) in [5, 5.41) is 3.11. The van der Waals surface area contributed by atoms with Gasteiger partial charge in [-0.05, 0) is 18.6 Å². The third kappa shape index (κ3) is 3.71. The second kappa shape index (κ2) is 6.38. The van der Waals surface area contributed by atoms with Crippen molar-refractivity contribution in [3.63, 3.8) is 0 Å². The topological polar surface area (TPSA) is 73.1 Å². The minimum atomic E-state index is -0.560. The fraction of sp³-hybridized carbons (Fsp3) is 0.231. The van der Waals surface area contributed by atoms with E-state index < -0.39 is 5.82 Å². The zero-order chi connectivity index (χ0) is 14.5. The summed E-state index contributed by atoms with van der Waals surface area (Å²) < 4.78 is 18.8. The maximum Gasteiger partial charge on any atom is 0.226 e. The van der Waals surface area contributed by atoms with Crippen molar-refractivity contribution in [1.29, 1.82) is 0 Å². The summed E-state index contributed by atoms with van der Waals surface area (Å²) in [6.45, 7) is 2.79. The van der Waals surface area contributed by atoms with E-state index in [4.69, 9.17) is 22.1 Å². The van der Waals surface area contributed by atoms with Gasteiger partial charge < -0.3 is 15.8 Å². The summed E-state index contributed by atoms with van der Waals surface area (Å²) in [5.41, 5.74) is 5.60. The molecule has 1 aromatic carbocycles. The Balaban J connectivity index is 2.19. The lowest BCUT2D eigenvalue weighted by molar-refractivity contribution is 0.458. The average Bonchev–Trinajstić information content (AvgIpc) is 2.40. The van der Waals surface area contributed by atoms with E-state index in [2.05, 4.69) is 15.3 Å². The SMILES string of the molecule is CCCNc1cc(Oc2ccc(Cl)c(F)c2)nc(N)n1. The van der Waals surface area contributed by atoms with Crippen LogP contribution < -0.4 is 15.8 Å². The number of ether oxygens (including phenoxy) is 1. The summed E-state index contributed by atoms with van der Waals surface area (Å²) in [5.74, 6) is 0.596. The van der Waals surface area contributed by atoms with Gasteiger partial charge in [0, 0.05) is 18.7 Å². The highest BCUT2D eigenvalue weighted by Gasteiger charge is 2.07. The molecule has 0 fully saturated rings. The molecule has 1 aromatic heterocycles. The molecule has 0 radical (unpaired) electrons. The van der Waals surface area contributed by atoms with E-state index in [1.807, 2.05) is 6.92 Å². The van der Waals surface area contributed by atoms with Gasteiger partial charge in [-0.15, -0.1) is 0 Å². The van der Waals surface area contributed by atoms with Crippen LogP contribution in [0.4, 0.5) is 16.2 Å². The van der Waals surface area contributed by atoms with Gasteiger partial charge in [-0.1, -0.05) is 18.5 Å². The molecule has 0 saturated heterocycles. The van der Waals surface area contributed by atoms with Crippen LogP contribution in [0, 0.1) is 5.82 Å². The van der Waals surface area contributed by atoms with Crippen LogP contribution in [-0.2, 0) is 0 Å². The van der Waals surface area contributed by atoms with Crippen molar-refractivity contribution in [3.05, 3.63) is 35.1 Å². The minimum absolute atomic E-state index is 0.0323. The number of nitrogens with one attached hydrogen (secondary N) is 1. The Bertz CT molecular complexity index is 609. The summed E-state index contributed by atoms with van der Waals surface area (Å²) in [6, 6.07) is 5.73. The van der Waals surface area contributed by atoms with Crippen molar-refractivity contribution in [2.45, 2.75) is 13.3 Å². The molecule has 0 unspecified atom stereocenters. The maximum absolute atomic E-state index is 13.3. The summed E-state index contributed by atoms with van der Waals surface area (Å²) in [4.78, 5) is 7.96. The molecule has 3 N–H and O–H groups in total. The lowest BCUT2D eigenvalue weighted by Gasteiger charge is -2.09. The van der Waals surface area contributed by atoms with Crippen LogP contribution in [0.1, 0.15) is 13.3 Å². The number of hydrogen-bond donors (Lipinski definition) is 2. The number of nitrogens with two attached hydrogens (primary N) is 1. The highest BCUT2D eigenvalue weighted by Crippen LogP contribution is 2.25. The molecule has 0 spiro atoms. The van der Waals surface area contributed by atoms with Gasteiger partial charge in [0.1, 0.15) is 17.4 Å². The number of rotatable bonds is 5. The molecular formula is C13H14ClFN4O. The lowest BCUT2D eigenvalue weighted by atomic mass is 10.3. The van der Waals surface area contributed by atoms with Crippen molar-refractivity contribution in [2.24, 2.45) is 0 Å². The van der Waals surface area contributed by atoms with Crippen LogP contribution in [0.3, 0.4) is 0 Å². The molecule has 0 atom stereocenters. The largest absolute Gasteiger partial charge is 0.439 e. The van der Waals surface area contributed by atoms with Gasteiger partial charge in [-0.2, -0.15) is 9.97 Å². The summed E-state index contributed by atoms with van der Waals surface area (Å²) >= 11 is 5.61. The minimum Gasteiger partial charge on any atom is -0.439 e. The number of hydrogen-bond acceptors (Lipinski definition) is 5. The monoisotopic (exact) mass is 296 g/mol. The standard InChI is InChI=1S/C13H14ClFN4O/c1-2-5-17-11-7-12(19-13(16)18-11)20-8-3-4-9(14)10(15)6-8/h3-4,6-7H,2,5H2,1H3,(H3,16,17,18,19). The molecule has 0 aliphatic carbocycles. The Labute approximate surface area is 120 Å². The molecule has 20 heavy (non-hydrogen) atoms. The van der Waals surface area contributed by atoms with E-state index in [0.717, 1.165) is 13.0 Å². The third-order valence-electron chi connectivity index (χ3n) is 2.39. The predicted molar refractivity (Wildman–Crippen MR) is 76.7 cm³/mol. The van der Waals surface area contributed by atoms with Gasteiger partial charge in [-0.3, -0.25) is 0 Å². The zero-order valence-electron chi connectivity index (χ0n) is 10.9. The fourth-order valence-electron chi connectivity index (χ4n) is 1.50. The van der Waals surface area contributed by atoms with Crippen LogP contribution in [0.15, 0.2) is 24.3 Å². The number of aromatic nitrogens is 2. The Hall–Kier alpha value is -2.08. The van der Waals surface area contributed by atoms with Crippen molar-refractivity contribution < 1.29 is 9.13 Å². The smallest absolute Gasteiger partial charge is 0.226 e. The van der Waals surface area contributed by atoms with Gasteiger partial charge in [0.2, 0.25) is 11.8 Å². The van der Waals surface area contributed by atoms with E-state index in [1.165, 1.54) is 12.1 Å². The van der Waals surface area contributed by atoms with Crippen molar-refractivity contribution in [2.75, 3.05) is 17.6 Å². The fourth-order valence-corrected chi connectivity index (χ4v) is 1.62. The summed E-state index contributed by atoms with van der Waals surface area (Å²) in [6.07, 6.45) is 0.947. The van der Waals surface area contributed by atoms with Gasteiger partial charge in [0.15, 0.2) is 0 Å². The van der Waals surface area contributed by atoms with E-state index in [-0.39, 0.29) is 22.6 Å². The predicted octanol–water partition coefficient (Wildman–Crippen LogP) is 3.47. The van der Waals surface area contributed by atoms with Crippen LogP contribution >= 0.6 is 11.6 Å². The van der Waals surface area contributed by atoms with Gasteiger partial charge in [0.25, 0.3) is 0 Å². The van der Waals surface area contributed by atoms with E-state index in [9.17, 15) is 4.39 Å². The molecule has 106 valence electrons. The van der Waals surface area contributed by atoms with Crippen LogP contribution in [-0.4, -0.2) is 16.5 Å². The first-order valence-corrected chi connectivity index (χ1v) is 6.47. The van der Waals surface area contributed by atoms with E-state index in [1.54, 1.807) is 12.1 Å². The van der Waals surface area contributed by atoms with Crippen LogP contribution in [0.25, 0.3) is 0 Å². The van der Waals surface area contributed by atoms with E-state index in [0.29, 0.717) is 5.82 Å². The Morgan fingerprint density at radius 2 is 2.15 bits per heavy atom. The van der Waals surface area contributed by atoms with Crippen molar-refractivity contribution in [3.8, 4) is 11.6 Å². The van der Waals surface area contributed by atoms with Crippen molar-refractivity contribution >= 4 is 23.4 Å². The first-order valence-electron chi connectivity index (χ1n) is 6.10. The maximum atomic E-state index is 13.3. The Morgan fingerprint density at radius 1 is 1.35 bits per heavy atom. The molecule has 0 aliphatic rings. The average molecular weight is 297 g/mol. The Morgan fingerprint density at radius 3 is 2.85 bits per heavy atom. The zero-order valence-corrected chi connectivity index (χ0v) is 11.6. The highest BCUT2D eigenvalue weighted by molar-refractivity contribution is 6.30. The first-order chi connectivity index (χ1) is 9.58. The normalized spacial score (nSPS) is 10.3. The van der Waals surface area contributed by atoms with E-state index >= 15 is 0 Å². The van der Waals surface area contributed by atoms with Crippen molar-refractivity contribution in [1.82, 2.24) is 9.97 Å². The third-order valence-corrected chi connectivity index (χ3v) is 2.70.